The van der Waals surface area contributed by atoms with E-state index in [9.17, 15) is 0 Å². The Labute approximate surface area is 74.4 Å². The van der Waals surface area contributed by atoms with Crippen LogP contribution < -0.4 is 0 Å². The maximum Gasteiger partial charge on any atom is 0.0543 e. The van der Waals surface area contributed by atoms with Gasteiger partial charge in [-0.15, -0.1) is 11.6 Å². The van der Waals surface area contributed by atoms with E-state index < -0.39 is 0 Å². The zero-order chi connectivity index (χ0) is 8.69. The van der Waals surface area contributed by atoms with Gasteiger partial charge in [0.05, 0.1) is 5.38 Å². The molecule has 0 bridgehead atoms. The van der Waals surface area contributed by atoms with Crippen LogP contribution in [0.4, 0.5) is 0 Å². The van der Waals surface area contributed by atoms with Gasteiger partial charge < -0.3 is 4.74 Å². The second-order valence-corrected chi connectivity index (χ2v) is 3.18. The fourth-order valence-corrected chi connectivity index (χ4v) is 1.17. The van der Waals surface area contributed by atoms with E-state index >= 15 is 0 Å². The molecule has 0 amide bonds. The number of ether oxygens (including phenoxy) is 1. The number of methoxy groups -OCH3 is 1. The molecule has 0 radical (unpaired) electrons. The molecular formula is C9H17ClO. The Morgan fingerprint density at radius 3 is 2.73 bits per heavy atom. The Bertz CT molecular complexity index is 112. The van der Waals surface area contributed by atoms with Crippen LogP contribution in [-0.2, 0) is 4.74 Å². The average Bonchev–Trinajstić information content (AvgIpc) is 2.00. The van der Waals surface area contributed by atoms with Gasteiger partial charge in [-0.1, -0.05) is 25.5 Å². The first kappa shape index (κ1) is 11.0. The summed E-state index contributed by atoms with van der Waals surface area (Å²) >= 11 is 6.01. The van der Waals surface area contributed by atoms with Crippen LogP contribution in [0.3, 0.4) is 0 Å². The first-order valence-corrected chi connectivity index (χ1v) is 4.46. The molecule has 66 valence electrons. The highest BCUT2D eigenvalue weighted by atomic mass is 35.5. The molecule has 0 saturated heterocycles. The van der Waals surface area contributed by atoms with Gasteiger partial charge in [-0.05, 0) is 12.8 Å². The van der Waals surface area contributed by atoms with Crippen LogP contribution in [0.25, 0.3) is 0 Å². The lowest BCUT2D eigenvalue weighted by atomic mass is 10.1. The van der Waals surface area contributed by atoms with Gasteiger partial charge in [0.1, 0.15) is 0 Å². The largest absolute Gasteiger partial charge is 0.384 e. The molecule has 1 unspecified atom stereocenters. The fraction of sp³-hybridized carbons (Fsp3) is 0.778. The van der Waals surface area contributed by atoms with Crippen LogP contribution in [0.15, 0.2) is 12.2 Å². The molecule has 0 aliphatic carbocycles. The minimum atomic E-state index is 0.134. The Morgan fingerprint density at radius 1 is 1.64 bits per heavy atom. The van der Waals surface area contributed by atoms with Gasteiger partial charge in [0.25, 0.3) is 0 Å². The van der Waals surface area contributed by atoms with Gasteiger partial charge in [-0.2, -0.15) is 0 Å². The molecule has 0 aromatic heterocycles. The molecule has 0 heterocycles. The molecule has 0 saturated carbocycles. The third kappa shape index (κ3) is 5.28. The molecule has 1 nitrogen and oxygen atoms in total. The highest BCUT2D eigenvalue weighted by Crippen LogP contribution is 2.16. The van der Waals surface area contributed by atoms with Gasteiger partial charge in [-0.3, -0.25) is 0 Å². The summed E-state index contributed by atoms with van der Waals surface area (Å²) in [4.78, 5) is 0. The summed E-state index contributed by atoms with van der Waals surface area (Å²) in [5, 5.41) is 0.134. The number of rotatable bonds is 6. The van der Waals surface area contributed by atoms with Gasteiger partial charge in [0, 0.05) is 13.7 Å². The van der Waals surface area contributed by atoms with Crippen molar-refractivity contribution in [2.75, 3.05) is 13.7 Å². The van der Waals surface area contributed by atoms with Crippen molar-refractivity contribution in [3.63, 3.8) is 0 Å². The van der Waals surface area contributed by atoms with E-state index in [1.807, 2.05) is 0 Å². The Hall–Kier alpha value is -0.0100. The third-order valence-corrected chi connectivity index (χ3v) is 2.14. The lowest BCUT2D eigenvalue weighted by molar-refractivity contribution is 0.201. The molecule has 0 rings (SSSR count). The van der Waals surface area contributed by atoms with E-state index in [2.05, 4.69) is 13.5 Å². The van der Waals surface area contributed by atoms with Crippen molar-refractivity contribution in [1.82, 2.24) is 0 Å². The molecule has 11 heavy (non-hydrogen) atoms. The molecule has 1 atom stereocenters. The monoisotopic (exact) mass is 176 g/mol. The first-order valence-electron chi connectivity index (χ1n) is 4.03. The topological polar surface area (TPSA) is 9.23 Å². The molecule has 0 N–H and O–H groups in total. The summed E-state index contributed by atoms with van der Waals surface area (Å²) < 4.78 is 4.92. The first-order chi connectivity index (χ1) is 5.22. The predicted octanol–water partition coefficient (Wildman–Crippen LogP) is 2.99. The molecule has 2 heteroatoms. The summed E-state index contributed by atoms with van der Waals surface area (Å²) in [5.41, 5.74) is 1.09. The molecule has 0 aliphatic rings. The second-order valence-electron chi connectivity index (χ2n) is 2.66. The van der Waals surface area contributed by atoms with Crippen molar-refractivity contribution >= 4 is 11.6 Å². The van der Waals surface area contributed by atoms with Gasteiger partial charge in [-0.25, -0.2) is 0 Å². The van der Waals surface area contributed by atoms with E-state index in [0.717, 1.165) is 31.4 Å². The maximum absolute atomic E-state index is 6.01. The van der Waals surface area contributed by atoms with E-state index in [-0.39, 0.29) is 5.38 Å². The van der Waals surface area contributed by atoms with Crippen molar-refractivity contribution in [3.8, 4) is 0 Å². The van der Waals surface area contributed by atoms with Gasteiger partial charge >= 0.3 is 0 Å². The molecule has 0 aliphatic heterocycles. The van der Waals surface area contributed by atoms with E-state index in [1.54, 1.807) is 7.11 Å². The number of alkyl halides is 1. The highest BCUT2D eigenvalue weighted by molar-refractivity contribution is 6.22. The molecule has 0 aromatic rings. The lowest BCUT2D eigenvalue weighted by Gasteiger charge is -2.10. The summed E-state index contributed by atoms with van der Waals surface area (Å²) in [7, 11) is 1.69. The Morgan fingerprint density at radius 2 is 2.27 bits per heavy atom. The Balaban J connectivity index is 3.47. The van der Waals surface area contributed by atoms with E-state index in [4.69, 9.17) is 16.3 Å². The zero-order valence-corrected chi connectivity index (χ0v) is 8.16. The summed E-state index contributed by atoms with van der Waals surface area (Å²) in [6.45, 7) is 6.75. The maximum atomic E-state index is 6.01. The van der Waals surface area contributed by atoms with Crippen molar-refractivity contribution in [2.45, 2.75) is 31.6 Å². The standard InChI is InChI=1S/C9H17ClO/c1-4-5-9(10)8(2)6-7-11-3/h9H,2,4-7H2,1,3H3. The van der Waals surface area contributed by atoms with Crippen LogP contribution in [-0.4, -0.2) is 19.1 Å². The van der Waals surface area contributed by atoms with Crippen molar-refractivity contribution in [1.29, 1.82) is 0 Å². The SMILES string of the molecule is C=C(CCOC)C(Cl)CCC. The average molecular weight is 177 g/mol. The number of hydrogen-bond acceptors (Lipinski definition) is 1. The highest BCUT2D eigenvalue weighted by Gasteiger charge is 2.06. The normalized spacial score (nSPS) is 13.0. The fourth-order valence-electron chi connectivity index (χ4n) is 0.847. The third-order valence-electron chi connectivity index (χ3n) is 1.61. The molecule has 0 aromatic carbocycles. The molecular weight excluding hydrogens is 160 g/mol. The van der Waals surface area contributed by atoms with Crippen LogP contribution in [0, 0.1) is 0 Å². The number of halogens is 1. The molecule has 0 spiro atoms. The zero-order valence-electron chi connectivity index (χ0n) is 7.40. The van der Waals surface area contributed by atoms with E-state index in [1.165, 1.54) is 0 Å². The Kier molecular flexibility index (Phi) is 6.68. The summed E-state index contributed by atoms with van der Waals surface area (Å²) in [6.07, 6.45) is 3.01. The van der Waals surface area contributed by atoms with Crippen molar-refractivity contribution < 1.29 is 4.74 Å². The van der Waals surface area contributed by atoms with Crippen LogP contribution >= 0.6 is 11.6 Å². The second kappa shape index (κ2) is 6.68. The van der Waals surface area contributed by atoms with Crippen LogP contribution in [0.2, 0.25) is 0 Å². The minimum Gasteiger partial charge on any atom is -0.384 e. The summed E-state index contributed by atoms with van der Waals surface area (Å²) in [6, 6.07) is 0. The quantitative estimate of drug-likeness (QED) is 0.447. The lowest BCUT2D eigenvalue weighted by Crippen LogP contribution is -2.04. The minimum absolute atomic E-state index is 0.134. The smallest absolute Gasteiger partial charge is 0.0543 e. The number of hydrogen-bond donors (Lipinski definition) is 0. The van der Waals surface area contributed by atoms with Crippen molar-refractivity contribution in [2.24, 2.45) is 0 Å². The van der Waals surface area contributed by atoms with Gasteiger partial charge in [0.15, 0.2) is 0 Å². The van der Waals surface area contributed by atoms with Crippen molar-refractivity contribution in [3.05, 3.63) is 12.2 Å². The summed E-state index contributed by atoms with van der Waals surface area (Å²) in [5.74, 6) is 0. The van der Waals surface area contributed by atoms with Gasteiger partial charge in [0.2, 0.25) is 0 Å². The van der Waals surface area contributed by atoms with E-state index in [0.29, 0.717) is 0 Å². The predicted molar refractivity (Wildman–Crippen MR) is 50.2 cm³/mol. The van der Waals surface area contributed by atoms with Crippen LogP contribution in [0.5, 0.6) is 0 Å². The molecule has 0 fully saturated rings. The van der Waals surface area contributed by atoms with Crippen LogP contribution in [0.1, 0.15) is 26.2 Å².